The average Bonchev–Trinajstić information content (AvgIpc) is 2.94. The molecule has 0 bridgehead atoms. The van der Waals surface area contributed by atoms with Crippen molar-refractivity contribution in [1.29, 1.82) is 0 Å². The van der Waals surface area contributed by atoms with E-state index >= 15 is 0 Å². The van der Waals surface area contributed by atoms with Crippen LogP contribution in [0.1, 0.15) is 46.0 Å². The monoisotopic (exact) mass is 286 g/mol. The second-order valence-corrected chi connectivity index (χ2v) is 5.51. The molecule has 0 radical (unpaired) electrons. The summed E-state index contributed by atoms with van der Waals surface area (Å²) >= 11 is 0. The van der Waals surface area contributed by atoms with Gasteiger partial charge in [0.1, 0.15) is 6.04 Å². The second kappa shape index (κ2) is 8.09. The van der Waals surface area contributed by atoms with Crippen molar-refractivity contribution in [1.82, 2.24) is 10.2 Å². The molecule has 1 aliphatic rings. The SMILES string of the molecule is CCC(C)[C@H](NC(=O)N(CCO)C1CCCC1)C(=O)O. The minimum absolute atomic E-state index is 0.106. The Bertz CT molecular complexity index is 329. The Morgan fingerprint density at radius 3 is 2.40 bits per heavy atom. The third-order valence-electron chi connectivity index (χ3n) is 4.13. The van der Waals surface area contributed by atoms with E-state index in [0.717, 1.165) is 25.7 Å². The standard InChI is InChI=1S/C14H26N2O4/c1-3-10(2)12(13(18)19)15-14(20)16(8-9-17)11-6-4-5-7-11/h10-12,17H,3-9H2,1-2H3,(H,15,20)(H,18,19)/t10?,12-/m0/s1. The summed E-state index contributed by atoms with van der Waals surface area (Å²) in [5.41, 5.74) is 0. The van der Waals surface area contributed by atoms with Gasteiger partial charge < -0.3 is 20.4 Å². The van der Waals surface area contributed by atoms with Gasteiger partial charge in [0.2, 0.25) is 0 Å². The van der Waals surface area contributed by atoms with Crippen molar-refractivity contribution in [3.63, 3.8) is 0 Å². The predicted octanol–water partition coefficient (Wildman–Crippen LogP) is 1.43. The molecule has 3 N–H and O–H groups in total. The Morgan fingerprint density at radius 1 is 1.35 bits per heavy atom. The maximum Gasteiger partial charge on any atom is 0.326 e. The van der Waals surface area contributed by atoms with Crippen LogP contribution in [0.4, 0.5) is 4.79 Å². The molecule has 1 rings (SSSR count). The highest BCUT2D eigenvalue weighted by Gasteiger charge is 2.31. The number of nitrogens with one attached hydrogen (secondary N) is 1. The fraction of sp³-hybridized carbons (Fsp3) is 0.857. The summed E-state index contributed by atoms with van der Waals surface area (Å²) in [5, 5.41) is 20.9. The average molecular weight is 286 g/mol. The number of aliphatic hydroxyl groups is 1. The number of aliphatic hydroxyl groups excluding tert-OH is 1. The fourth-order valence-electron chi connectivity index (χ4n) is 2.67. The van der Waals surface area contributed by atoms with Gasteiger partial charge in [0.15, 0.2) is 0 Å². The van der Waals surface area contributed by atoms with Gasteiger partial charge >= 0.3 is 12.0 Å². The van der Waals surface area contributed by atoms with Crippen molar-refractivity contribution < 1.29 is 19.8 Å². The summed E-state index contributed by atoms with van der Waals surface area (Å²) in [7, 11) is 0. The fourth-order valence-corrected chi connectivity index (χ4v) is 2.67. The third kappa shape index (κ3) is 4.37. The van der Waals surface area contributed by atoms with Crippen LogP contribution >= 0.6 is 0 Å². The van der Waals surface area contributed by atoms with Crippen molar-refractivity contribution in [2.75, 3.05) is 13.2 Å². The molecule has 1 fully saturated rings. The number of carbonyl (C=O) groups excluding carboxylic acids is 1. The first-order valence-corrected chi connectivity index (χ1v) is 7.42. The molecule has 0 aromatic rings. The van der Waals surface area contributed by atoms with E-state index in [2.05, 4.69) is 5.32 Å². The van der Waals surface area contributed by atoms with E-state index in [4.69, 9.17) is 5.11 Å². The zero-order valence-electron chi connectivity index (χ0n) is 12.3. The number of hydrogen-bond acceptors (Lipinski definition) is 3. The van der Waals surface area contributed by atoms with E-state index in [0.29, 0.717) is 6.42 Å². The molecule has 2 atom stereocenters. The first kappa shape index (κ1) is 16.8. The van der Waals surface area contributed by atoms with Gasteiger partial charge in [0.05, 0.1) is 6.61 Å². The van der Waals surface area contributed by atoms with Crippen LogP contribution in [0.15, 0.2) is 0 Å². The number of urea groups is 1. The Hall–Kier alpha value is -1.30. The van der Waals surface area contributed by atoms with E-state index in [-0.39, 0.29) is 31.1 Å². The maximum absolute atomic E-state index is 12.3. The first-order valence-electron chi connectivity index (χ1n) is 7.42. The normalized spacial score (nSPS) is 18.6. The van der Waals surface area contributed by atoms with Crippen LogP contribution in [0, 0.1) is 5.92 Å². The number of rotatable bonds is 7. The molecule has 116 valence electrons. The molecule has 0 aromatic heterocycles. The lowest BCUT2D eigenvalue weighted by Crippen LogP contribution is -2.53. The molecule has 6 nitrogen and oxygen atoms in total. The van der Waals surface area contributed by atoms with Crippen molar-refractivity contribution in [3.8, 4) is 0 Å². The smallest absolute Gasteiger partial charge is 0.326 e. The molecule has 0 aliphatic heterocycles. The lowest BCUT2D eigenvalue weighted by atomic mass is 9.99. The lowest BCUT2D eigenvalue weighted by Gasteiger charge is -2.31. The van der Waals surface area contributed by atoms with Gasteiger partial charge in [0, 0.05) is 12.6 Å². The number of aliphatic carboxylic acids is 1. The topological polar surface area (TPSA) is 89.9 Å². The van der Waals surface area contributed by atoms with E-state index in [1.54, 1.807) is 4.90 Å². The molecule has 1 unspecified atom stereocenters. The van der Waals surface area contributed by atoms with Crippen molar-refractivity contribution in [2.45, 2.75) is 58.0 Å². The summed E-state index contributed by atoms with van der Waals surface area (Å²) in [6, 6.07) is -1.14. The first-order chi connectivity index (χ1) is 9.51. The number of carbonyl (C=O) groups is 2. The number of carboxylic acid groups (broad SMARTS) is 1. The lowest BCUT2D eigenvalue weighted by molar-refractivity contribution is -0.140. The van der Waals surface area contributed by atoms with Crippen LogP contribution in [0.3, 0.4) is 0 Å². The van der Waals surface area contributed by atoms with Crippen molar-refractivity contribution in [2.24, 2.45) is 5.92 Å². The van der Waals surface area contributed by atoms with Gasteiger partial charge in [-0.15, -0.1) is 0 Å². The summed E-state index contributed by atoms with van der Waals surface area (Å²) in [6.07, 6.45) is 4.69. The summed E-state index contributed by atoms with van der Waals surface area (Å²) in [5.74, 6) is -1.14. The quantitative estimate of drug-likeness (QED) is 0.660. The minimum atomic E-state index is -1.01. The Morgan fingerprint density at radius 2 is 1.95 bits per heavy atom. The molecule has 0 saturated heterocycles. The van der Waals surface area contributed by atoms with Gasteiger partial charge in [-0.2, -0.15) is 0 Å². The maximum atomic E-state index is 12.3. The van der Waals surface area contributed by atoms with Crippen LogP contribution in [-0.4, -0.2) is 52.3 Å². The number of nitrogens with zero attached hydrogens (tertiary/aromatic N) is 1. The van der Waals surface area contributed by atoms with E-state index in [1.165, 1.54) is 0 Å². The number of hydrogen-bond donors (Lipinski definition) is 3. The highest BCUT2D eigenvalue weighted by atomic mass is 16.4. The van der Waals surface area contributed by atoms with Crippen LogP contribution in [0.5, 0.6) is 0 Å². The molecule has 1 saturated carbocycles. The van der Waals surface area contributed by atoms with Gasteiger partial charge in [-0.25, -0.2) is 9.59 Å². The van der Waals surface area contributed by atoms with Crippen LogP contribution in [0.25, 0.3) is 0 Å². The zero-order chi connectivity index (χ0) is 15.1. The molecular formula is C14H26N2O4. The Balaban J connectivity index is 2.70. The molecule has 0 heterocycles. The van der Waals surface area contributed by atoms with Crippen LogP contribution in [0.2, 0.25) is 0 Å². The second-order valence-electron chi connectivity index (χ2n) is 5.51. The predicted molar refractivity (Wildman–Crippen MR) is 75.5 cm³/mol. The molecule has 1 aliphatic carbocycles. The highest BCUT2D eigenvalue weighted by Crippen LogP contribution is 2.23. The summed E-state index contributed by atoms with van der Waals surface area (Å²) in [6.45, 7) is 3.86. The van der Waals surface area contributed by atoms with Gasteiger partial charge in [0.25, 0.3) is 0 Å². The van der Waals surface area contributed by atoms with Crippen LogP contribution < -0.4 is 5.32 Å². The van der Waals surface area contributed by atoms with Gasteiger partial charge in [-0.1, -0.05) is 33.1 Å². The number of carboxylic acids is 1. The van der Waals surface area contributed by atoms with Crippen molar-refractivity contribution in [3.05, 3.63) is 0 Å². The summed E-state index contributed by atoms with van der Waals surface area (Å²) < 4.78 is 0. The highest BCUT2D eigenvalue weighted by molar-refractivity contribution is 5.83. The number of amides is 2. The van der Waals surface area contributed by atoms with E-state index in [9.17, 15) is 14.7 Å². The molecular weight excluding hydrogens is 260 g/mol. The molecule has 20 heavy (non-hydrogen) atoms. The van der Waals surface area contributed by atoms with Crippen LogP contribution in [-0.2, 0) is 4.79 Å². The van der Waals surface area contributed by atoms with Crippen molar-refractivity contribution >= 4 is 12.0 Å². The van der Waals surface area contributed by atoms with Gasteiger partial charge in [-0.05, 0) is 18.8 Å². The summed E-state index contributed by atoms with van der Waals surface area (Å²) in [4.78, 5) is 25.1. The Kier molecular flexibility index (Phi) is 6.78. The Labute approximate surface area is 120 Å². The molecule has 2 amide bonds. The largest absolute Gasteiger partial charge is 0.480 e. The molecule has 0 spiro atoms. The molecule has 0 aromatic carbocycles. The molecule has 6 heteroatoms. The third-order valence-corrected chi connectivity index (χ3v) is 4.13. The van der Waals surface area contributed by atoms with E-state index < -0.39 is 12.0 Å². The van der Waals surface area contributed by atoms with E-state index in [1.807, 2.05) is 13.8 Å². The van der Waals surface area contributed by atoms with Gasteiger partial charge in [-0.3, -0.25) is 0 Å². The zero-order valence-corrected chi connectivity index (χ0v) is 12.3. The minimum Gasteiger partial charge on any atom is -0.480 e.